The van der Waals surface area contributed by atoms with Gasteiger partial charge in [-0.3, -0.25) is 4.90 Å². The molecule has 44 heavy (non-hydrogen) atoms. The maximum Gasteiger partial charge on any atom is 0.136 e. The maximum absolute atomic E-state index is 6.24. The normalized spacial score (nSPS) is 14.3. The monoisotopic (exact) mass is 612 g/mol. The van der Waals surface area contributed by atoms with Crippen molar-refractivity contribution in [1.82, 2.24) is 4.90 Å². The van der Waals surface area contributed by atoms with Crippen LogP contribution in [0.15, 0.2) is 72.9 Å². The lowest BCUT2D eigenvalue weighted by molar-refractivity contribution is -0.125. The summed E-state index contributed by atoms with van der Waals surface area (Å²) in [6, 6.07) is 0. The number of likely N-dealkylation sites (N-methyl/N-ethyl adjacent to an activating group) is 1. The van der Waals surface area contributed by atoms with Gasteiger partial charge in [0.25, 0.3) is 0 Å². The second-order valence-electron chi connectivity index (χ2n) is 12.2. The van der Waals surface area contributed by atoms with Crippen LogP contribution in [0.3, 0.4) is 0 Å². The highest BCUT2D eigenvalue weighted by Gasteiger charge is 2.20. The molecule has 0 saturated heterocycles. The van der Waals surface area contributed by atoms with Crippen LogP contribution in [0.4, 0.5) is 0 Å². The van der Waals surface area contributed by atoms with Crippen molar-refractivity contribution in [3.05, 3.63) is 72.9 Å². The summed E-state index contributed by atoms with van der Waals surface area (Å²) in [7, 11) is 4.19. The van der Waals surface area contributed by atoms with Gasteiger partial charge in [-0.15, -0.1) is 0 Å². The third-order valence-corrected chi connectivity index (χ3v) is 7.67. The minimum atomic E-state index is 0.0332. The van der Waals surface area contributed by atoms with E-state index in [1.165, 1.54) is 77.0 Å². The molecule has 0 amide bonds. The molecule has 0 aromatic carbocycles. The van der Waals surface area contributed by atoms with Crippen LogP contribution in [0.5, 0.6) is 0 Å². The Morgan fingerprint density at radius 2 is 0.773 bits per heavy atom. The van der Waals surface area contributed by atoms with E-state index in [4.69, 9.17) is 9.47 Å². The molecule has 0 aliphatic heterocycles. The van der Waals surface area contributed by atoms with Crippen LogP contribution in [0.2, 0.25) is 0 Å². The van der Waals surface area contributed by atoms with Crippen LogP contribution in [-0.4, -0.2) is 44.5 Å². The standard InChI is InChI=1S/C41H73NO2/c1-6-8-10-12-14-16-18-20-22-24-26-28-30-32-34-36-38-43-40(3)41(42(4)5)44-39-37-35-33-31-29-27-25-23-21-19-17-15-13-11-9-7-2/h8-11,14-17,20-23,40-41H,6-7,12-13,18-19,24-39H2,1-5H3. The summed E-state index contributed by atoms with van der Waals surface area (Å²) < 4.78 is 12.4. The van der Waals surface area contributed by atoms with Crippen molar-refractivity contribution < 1.29 is 9.47 Å². The zero-order valence-corrected chi connectivity index (χ0v) is 29.9. The summed E-state index contributed by atoms with van der Waals surface area (Å²) >= 11 is 0. The van der Waals surface area contributed by atoms with Crippen LogP contribution < -0.4 is 0 Å². The van der Waals surface area contributed by atoms with E-state index in [2.05, 4.69) is 113 Å². The Morgan fingerprint density at radius 1 is 0.432 bits per heavy atom. The van der Waals surface area contributed by atoms with Crippen LogP contribution in [-0.2, 0) is 9.47 Å². The van der Waals surface area contributed by atoms with E-state index >= 15 is 0 Å². The van der Waals surface area contributed by atoms with Gasteiger partial charge >= 0.3 is 0 Å². The summed E-state index contributed by atoms with van der Waals surface area (Å²) in [6.07, 6.45) is 51.7. The van der Waals surface area contributed by atoms with Crippen molar-refractivity contribution in [3.8, 4) is 0 Å². The van der Waals surface area contributed by atoms with Crippen molar-refractivity contribution in [3.63, 3.8) is 0 Å². The summed E-state index contributed by atoms with van der Waals surface area (Å²) in [5.74, 6) is 0. The quantitative estimate of drug-likeness (QED) is 0.0429. The van der Waals surface area contributed by atoms with Gasteiger partial charge in [0.2, 0.25) is 0 Å². The highest BCUT2D eigenvalue weighted by Crippen LogP contribution is 2.13. The van der Waals surface area contributed by atoms with Crippen LogP contribution >= 0.6 is 0 Å². The number of ether oxygens (including phenoxy) is 2. The van der Waals surface area contributed by atoms with Gasteiger partial charge in [0, 0.05) is 13.2 Å². The average Bonchev–Trinajstić information content (AvgIpc) is 3.01. The largest absolute Gasteiger partial charge is 0.374 e. The van der Waals surface area contributed by atoms with Gasteiger partial charge in [0.05, 0.1) is 6.10 Å². The molecule has 0 fully saturated rings. The molecule has 0 heterocycles. The van der Waals surface area contributed by atoms with E-state index in [9.17, 15) is 0 Å². The molecular weight excluding hydrogens is 538 g/mol. The van der Waals surface area contributed by atoms with Crippen molar-refractivity contribution in [1.29, 1.82) is 0 Å². The first-order valence-corrected chi connectivity index (χ1v) is 18.4. The second kappa shape index (κ2) is 35.8. The molecule has 0 N–H and O–H groups in total. The first kappa shape index (κ1) is 42.3. The van der Waals surface area contributed by atoms with Gasteiger partial charge in [-0.1, -0.05) is 138 Å². The molecule has 0 spiro atoms. The molecule has 0 saturated carbocycles. The lowest BCUT2D eigenvalue weighted by Crippen LogP contribution is -2.41. The van der Waals surface area contributed by atoms with Gasteiger partial charge in [0.1, 0.15) is 6.23 Å². The van der Waals surface area contributed by atoms with E-state index in [1.807, 2.05) is 0 Å². The molecule has 254 valence electrons. The molecule has 0 aliphatic carbocycles. The van der Waals surface area contributed by atoms with Gasteiger partial charge in [0.15, 0.2) is 0 Å². The minimum Gasteiger partial charge on any atom is -0.374 e. The van der Waals surface area contributed by atoms with Gasteiger partial charge < -0.3 is 9.47 Å². The van der Waals surface area contributed by atoms with Crippen molar-refractivity contribution in [2.75, 3.05) is 27.3 Å². The third-order valence-electron chi connectivity index (χ3n) is 7.67. The third kappa shape index (κ3) is 31.7. The summed E-state index contributed by atoms with van der Waals surface area (Å²) in [6.45, 7) is 8.17. The number of hydrogen-bond donors (Lipinski definition) is 0. The Balaban J connectivity index is 3.65. The molecule has 0 radical (unpaired) electrons. The fraction of sp³-hybridized carbons (Fsp3) is 0.707. The van der Waals surface area contributed by atoms with Gasteiger partial charge in [-0.05, 0) is 98.1 Å². The number of allylic oxidation sites excluding steroid dienone is 12. The van der Waals surface area contributed by atoms with Gasteiger partial charge in [-0.2, -0.15) is 0 Å². The van der Waals surface area contributed by atoms with E-state index < -0.39 is 0 Å². The lowest BCUT2D eigenvalue weighted by atomic mass is 10.1. The molecule has 3 nitrogen and oxygen atoms in total. The van der Waals surface area contributed by atoms with Crippen molar-refractivity contribution in [2.24, 2.45) is 0 Å². The molecule has 0 rings (SSSR count). The molecular formula is C41H73NO2. The van der Waals surface area contributed by atoms with Crippen LogP contribution in [0.1, 0.15) is 149 Å². The SMILES string of the molecule is CCC=CCC=CCC=CCCCCCCCCOC(C)C(OCCCCCCCCC=CCC=CCC=CCC)N(C)C. The Morgan fingerprint density at radius 3 is 1.18 bits per heavy atom. The smallest absolute Gasteiger partial charge is 0.136 e. The highest BCUT2D eigenvalue weighted by atomic mass is 16.5. The second-order valence-corrected chi connectivity index (χ2v) is 12.2. The minimum absolute atomic E-state index is 0.0332. The summed E-state index contributed by atoms with van der Waals surface area (Å²) in [4.78, 5) is 2.16. The fourth-order valence-electron chi connectivity index (χ4n) is 5.06. The first-order valence-electron chi connectivity index (χ1n) is 18.4. The topological polar surface area (TPSA) is 21.7 Å². The molecule has 0 aromatic heterocycles. The van der Waals surface area contributed by atoms with Crippen molar-refractivity contribution in [2.45, 2.75) is 162 Å². The van der Waals surface area contributed by atoms with Crippen molar-refractivity contribution >= 4 is 0 Å². The zero-order chi connectivity index (χ0) is 32.2. The fourth-order valence-corrected chi connectivity index (χ4v) is 5.06. The van der Waals surface area contributed by atoms with Crippen LogP contribution in [0.25, 0.3) is 0 Å². The van der Waals surface area contributed by atoms with Crippen LogP contribution in [0, 0.1) is 0 Å². The number of nitrogens with zero attached hydrogens (tertiary/aromatic N) is 1. The number of rotatable bonds is 32. The molecule has 0 aliphatic rings. The Kier molecular flexibility index (Phi) is 34.4. The average molecular weight is 612 g/mol. The maximum atomic E-state index is 6.24. The molecule has 0 aromatic rings. The summed E-state index contributed by atoms with van der Waals surface area (Å²) in [5.41, 5.74) is 0. The predicted octanol–water partition coefficient (Wildman–Crippen LogP) is 12.5. The van der Waals surface area contributed by atoms with Gasteiger partial charge in [-0.25, -0.2) is 0 Å². The zero-order valence-electron chi connectivity index (χ0n) is 29.9. The molecule has 2 atom stereocenters. The summed E-state index contributed by atoms with van der Waals surface area (Å²) in [5, 5.41) is 0. The predicted molar refractivity (Wildman–Crippen MR) is 197 cm³/mol. The Bertz CT molecular complexity index is 746. The van der Waals surface area contributed by atoms with E-state index in [0.717, 1.165) is 64.6 Å². The molecule has 3 heteroatoms. The van der Waals surface area contributed by atoms with E-state index in [0.29, 0.717) is 0 Å². The Hall–Kier alpha value is -1.68. The Labute approximate surface area is 275 Å². The lowest BCUT2D eigenvalue weighted by Gasteiger charge is -2.30. The highest BCUT2D eigenvalue weighted by molar-refractivity contribution is 4.98. The number of unbranched alkanes of at least 4 members (excludes halogenated alkanes) is 12. The van der Waals surface area contributed by atoms with E-state index in [1.54, 1.807) is 0 Å². The first-order chi connectivity index (χ1) is 21.6. The number of hydrogen-bond acceptors (Lipinski definition) is 3. The molecule has 2 unspecified atom stereocenters. The van der Waals surface area contributed by atoms with E-state index in [-0.39, 0.29) is 12.3 Å². The molecule has 0 bridgehead atoms.